The van der Waals surface area contributed by atoms with Gasteiger partial charge >= 0.3 is 10.0 Å². The first-order valence-corrected chi connectivity index (χ1v) is 16.2. The molecule has 2 unspecified atom stereocenters. The van der Waals surface area contributed by atoms with E-state index in [0.29, 0.717) is 22.3 Å². The Bertz CT molecular complexity index is 1500. The van der Waals surface area contributed by atoms with E-state index in [-0.39, 0.29) is 25.1 Å². The Hall–Kier alpha value is -2.50. The molecular formula is C30H35Cl2N4O4S+. The van der Waals surface area contributed by atoms with Crippen LogP contribution in [0.15, 0.2) is 72.8 Å². The second kappa shape index (κ2) is 12.4. The summed E-state index contributed by atoms with van der Waals surface area (Å²) in [7, 11) is -3.84. The van der Waals surface area contributed by atoms with Gasteiger partial charge in [0.2, 0.25) is 0 Å². The van der Waals surface area contributed by atoms with Crippen molar-refractivity contribution in [1.29, 1.82) is 0 Å². The lowest BCUT2D eigenvalue weighted by atomic mass is 9.75. The first-order valence-electron chi connectivity index (χ1n) is 13.6. The normalized spacial score (nSPS) is 20.5. The molecule has 1 fully saturated rings. The van der Waals surface area contributed by atoms with Crippen molar-refractivity contribution in [3.05, 3.63) is 99.5 Å². The van der Waals surface area contributed by atoms with Crippen LogP contribution < -0.4 is 20.1 Å². The average Bonchev–Trinajstić information content (AvgIpc) is 3.22. The third-order valence-electron chi connectivity index (χ3n) is 8.07. The van der Waals surface area contributed by atoms with E-state index < -0.39 is 26.0 Å². The van der Waals surface area contributed by atoms with E-state index in [2.05, 4.69) is 16.1 Å². The topological polar surface area (TPSA) is 96.5 Å². The van der Waals surface area contributed by atoms with Crippen LogP contribution in [-0.2, 0) is 38.1 Å². The van der Waals surface area contributed by atoms with E-state index in [1.807, 2.05) is 54.6 Å². The maximum Gasteiger partial charge on any atom is 0.321 e. The largest absolute Gasteiger partial charge is 0.375 e. The molecule has 2 atom stereocenters. The zero-order chi connectivity index (χ0) is 29.1. The predicted molar refractivity (Wildman–Crippen MR) is 163 cm³/mol. The first-order chi connectivity index (χ1) is 19.6. The van der Waals surface area contributed by atoms with E-state index in [0.717, 1.165) is 42.6 Å². The summed E-state index contributed by atoms with van der Waals surface area (Å²) >= 11 is 12.5. The van der Waals surface area contributed by atoms with Crippen LogP contribution in [0, 0.1) is 0 Å². The standard InChI is InChI=1S/C30H34Cl2N4O4S/c1-41(38,39)36(21-30(13-15-33-16-14-30)25-9-5-6-10-28(25)36)35-29(37)27(20-40-19-22-7-3-2-4-8-22)34-18-23-11-12-24(31)17-26(23)32/h2-12,17,27,33-34H,13-16,18-21H2,1H3/p+1. The summed E-state index contributed by atoms with van der Waals surface area (Å²) < 4.78 is 32.6. The Morgan fingerprint density at radius 1 is 1.05 bits per heavy atom. The van der Waals surface area contributed by atoms with Crippen molar-refractivity contribution in [2.45, 2.75) is 37.5 Å². The highest BCUT2D eigenvalue weighted by atomic mass is 35.5. The highest BCUT2D eigenvalue weighted by molar-refractivity contribution is 7.90. The third kappa shape index (κ3) is 6.32. The Morgan fingerprint density at radius 2 is 1.76 bits per heavy atom. The molecule has 3 aromatic rings. The van der Waals surface area contributed by atoms with Crippen LogP contribution in [0.1, 0.15) is 29.5 Å². The van der Waals surface area contributed by atoms with Crippen molar-refractivity contribution in [3.63, 3.8) is 0 Å². The summed E-state index contributed by atoms with van der Waals surface area (Å²) in [6.45, 7) is 2.38. The van der Waals surface area contributed by atoms with Crippen LogP contribution >= 0.6 is 23.2 Å². The number of hydrogen-bond donors (Lipinski definition) is 3. The van der Waals surface area contributed by atoms with E-state index >= 15 is 0 Å². The summed E-state index contributed by atoms with van der Waals surface area (Å²) in [5, 5.41) is 7.60. The zero-order valence-corrected chi connectivity index (χ0v) is 25.2. The van der Waals surface area contributed by atoms with Gasteiger partial charge in [0, 0.05) is 28.2 Å². The maximum absolute atomic E-state index is 14.0. The molecule has 0 aliphatic carbocycles. The molecule has 0 saturated carbocycles. The third-order valence-corrected chi connectivity index (χ3v) is 10.2. The lowest BCUT2D eigenvalue weighted by Gasteiger charge is -2.36. The number of amides is 1. The number of carbonyl (C=O) groups excluding carboxylic acids is 1. The van der Waals surface area contributed by atoms with Crippen LogP contribution in [0.2, 0.25) is 10.0 Å². The number of quaternary nitrogens is 1. The van der Waals surface area contributed by atoms with Gasteiger partial charge in [-0.3, -0.25) is 10.1 Å². The van der Waals surface area contributed by atoms with Crippen molar-refractivity contribution in [2.75, 3.05) is 32.5 Å². The van der Waals surface area contributed by atoms with E-state index in [1.54, 1.807) is 18.2 Å². The van der Waals surface area contributed by atoms with Crippen molar-refractivity contribution in [2.24, 2.45) is 0 Å². The molecule has 0 bridgehead atoms. The summed E-state index contributed by atoms with van der Waals surface area (Å²) in [6, 6.07) is 21.5. The molecule has 5 rings (SSSR count). The summed E-state index contributed by atoms with van der Waals surface area (Å²) in [4.78, 5) is 14.0. The molecule has 11 heteroatoms. The number of halogens is 2. The number of carbonyl (C=O) groups is 1. The molecule has 41 heavy (non-hydrogen) atoms. The van der Waals surface area contributed by atoms with Crippen LogP contribution in [-0.4, -0.2) is 52.9 Å². The molecular weight excluding hydrogens is 583 g/mol. The first kappa shape index (κ1) is 30.0. The van der Waals surface area contributed by atoms with Crippen LogP contribution in [0.5, 0.6) is 0 Å². The van der Waals surface area contributed by atoms with E-state index in [9.17, 15) is 13.2 Å². The van der Waals surface area contributed by atoms with Crippen molar-refractivity contribution >= 4 is 44.8 Å². The fourth-order valence-electron chi connectivity index (χ4n) is 5.90. The second-order valence-electron chi connectivity index (χ2n) is 10.8. The molecule has 0 aromatic heterocycles. The highest BCUT2D eigenvalue weighted by Gasteiger charge is 2.60. The number of nitrogens with zero attached hydrogens (tertiary/aromatic N) is 1. The molecule has 8 nitrogen and oxygen atoms in total. The van der Waals surface area contributed by atoms with Gasteiger partial charge in [-0.25, -0.2) is 0 Å². The predicted octanol–water partition coefficient (Wildman–Crippen LogP) is 4.30. The highest BCUT2D eigenvalue weighted by Crippen LogP contribution is 2.50. The van der Waals surface area contributed by atoms with Gasteiger partial charge in [0.15, 0.2) is 5.69 Å². The minimum absolute atomic E-state index is 0.0202. The molecule has 1 spiro atoms. The molecule has 2 aliphatic heterocycles. The fourth-order valence-corrected chi connectivity index (χ4v) is 7.62. The molecule has 1 amide bonds. The van der Waals surface area contributed by atoms with Gasteiger partial charge in [-0.15, -0.1) is 0 Å². The van der Waals surface area contributed by atoms with Gasteiger partial charge in [0.1, 0.15) is 12.6 Å². The molecule has 2 heterocycles. The minimum atomic E-state index is -3.84. The van der Waals surface area contributed by atoms with Crippen LogP contribution in [0.3, 0.4) is 0 Å². The maximum atomic E-state index is 14.0. The van der Waals surface area contributed by atoms with Crippen molar-refractivity contribution in [3.8, 4) is 0 Å². The number of para-hydroxylation sites is 1. The average molecular weight is 619 g/mol. The summed E-state index contributed by atoms with van der Waals surface area (Å²) in [5.41, 5.74) is 5.89. The number of hydrogen-bond acceptors (Lipinski definition) is 6. The molecule has 0 radical (unpaired) electrons. The quantitative estimate of drug-likeness (QED) is 0.294. The Labute approximate surface area is 251 Å². The lowest BCUT2D eigenvalue weighted by molar-refractivity contribution is -0.127. The number of piperidine rings is 1. The van der Waals surface area contributed by atoms with Crippen molar-refractivity contribution < 1.29 is 17.9 Å². The number of sulfonamides is 1. The molecule has 218 valence electrons. The second-order valence-corrected chi connectivity index (χ2v) is 13.8. The number of fused-ring (bicyclic) bond motifs is 2. The van der Waals surface area contributed by atoms with Gasteiger partial charge in [-0.05, 0) is 49.2 Å². The summed E-state index contributed by atoms with van der Waals surface area (Å²) in [5.74, 6) is -0.477. The smallest absolute Gasteiger partial charge is 0.321 e. The number of benzene rings is 3. The van der Waals surface area contributed by atoms with Gasteiger partial charge < -0.3 is 10.1 Å². The summed E-state index contributed by atoms with van der Waals surface area (Å²) in [6.07, 6.45) is 2.75. The molecule has 3 aromatic carbocycles. The molecule has 1 saturated heterocycles. The molecule has 3 N–H and O–H groups in total. The Kier molecular flexibility index (Phi) is 9.06. The monoisotopic (exact) mass is 617 g/mol. The number of nitrogens with one attached hydrogen (secondary N) is 3. The van der Waals surface area contributed by atoms with Gasteiger partial charge in [-0.2, -0.15) is 13.8 Å². The van der Waals surface area contributed by atoms with E-state index in [4.69, 9.17) is 27.9 Å². The van der Waals surface area contributed by atoms with E-state index in [1.165, 1.54) is 6.26 Å². The van der Waals surface area contributed by atoms with Gasteiger partial charge in [0.05, 0.1) is 24.9 Å². The lowest BCUT2D eigenvalue weighted by Crippen LogP contribution is -2.68. The zero-order valence-electron chi connectivity index (χ0n) is 22.9. The number of rotatable bonds is 10. The SMILES string of the molecule is CS(=O)(=O)[N+]1(NC(=O)C(COCc2ccccc2)NCc2ccc(Cl)cc2Cl)CC2(CCNCC2)c2ccccc21. The van der Waals surface area contributed by atoms with Gasteiger partial charge in [0.25, 0.3) is 5.91 Å². The molecule has 2 aliphatic rings. The van der Waals surface area contributed by atoms with Crippen LogP contribution in [0.4, 0.5) is 5.69 Å². The fraction of sp³-hybridized carbons (Fsp3) is 0.367. The minimum Gasteiger partial charge on any atom is -0.375 e. The van der Waals surface area contributed by atoms with Crippen molar-refractivity contribution in [1.82, 2.24) is 20.1 Å². The van der Waals surface area contributed by atoms with Crippen LogP contribution in [0.25, 0.3) is 0 Å². The van der Waals surface area contributed by atoms with Gasteiger partial charge in [-0.1, -0.05) is 81.8 Å². The Morgan fingerprint density at radius 3 is 2.46 bits per heavy atom. The number of ether oxygens (including phenoxy) is 1. The Balaban J connectivity index is 1.43.